The Morgan fingerprint density at radius 2 is 2.08 bits per heavy atom. The van der Waals surface area contributed by atoms with Gasteiger partial charge in [-0.05, 0) is 0 Å². The van der Waals surface area contributed by atoms with Gasteiger partial charge in [-0.15, -0.1) is 0 Å². The van der Waals surface area contributed by atoms with Crippen molar-refractivity contribution in [1.29, 1.82) is 0 Å². The molecule has 1 fully saturated rings. The van der Waals surface area contributed by atoms with Crippen LogP contribution in [0.5, 0.6) is 0 Å². The van der Waals surface area contributed by atoms with Crippen molar-refractivity contribution in [2.45, 2.75) is 24.5 Å². The fourth-order valence-electron chi connectivity index (χ4n) is 1.09. The Bertz CT molecular complexity index is 188. The average Bonchev–Trinajstić information content (AvgIpc) is 2.27. The zero-order valence-corrected chi connectivity index (χ0v) is 6.18. The van der Waals surface area contributed by atoms with Crippen LogP contribution in [0.4, 0.5) is 0 Å². The molecule has 7 N–H and O–H groups in total. The van der Waals surface area contributed by atoms with Gasteiger partial charge < -0.3 is 20.7 Å². The zero-order valence-electron chi connectivity index (χ0n) is 6.18. The van der Waals surface area contributed by atoms with Gasteiger partial charge in [-0.3, -0.25) is 10.6 Å². The minimum absolute atomic E-state index is 0.834. The second-order valence-corrected chi connectivity index (χ2v) is 2.53. The van der Waals surface area contributed by atoms with Gasteiger partial charge >= 0.3 is 0 Å². The van der Waals surface area contributed by atoms with Crippen LogP contribution in [0.25, 0.3) is 0 Å². The highest BCUT2D eigenvalue weighted by molar-refractivity contribution is 5.80. The van der Waals surface area contributed by atoms with Crippen LogP contribution in [0.1, 0.15) is 0 Å². The molecule has 0 aliphatic carbocycles. The van der Waals surface area contributed by atoms with Crippen LogP contribution < -0.4 is 17.0 Å². The predicted molar refractivity (Wildman–Crippen MR) is 37.2 cm³/mol. The Labute approximate surface area is 68.3 Å². The van der Waals surface area contributed by atoms with E-state index in [-0.39, 0.29) is 0 Å². The Morgan fingerprint density at radius 3 is 2.33 bits per heavy atom. The maximum absolute atomic E-state index is 10.6. The number of hydrogen-bond acceptors (Lipinski definition) is 6. The summed E-state index contributed by atoms with van der Waals surface area (Å²) < 4.78 is 4.63. The third kappa shape index (κ3) is 1.40. The van der Waals surface area contributed by atoms with Gasteiger partial charge in [0, 0.05) is 0 Å². The van der Waals surface area contributed by atoms with Crippen molar-refractivity contribution in [1.82, 2.24) is 5.43 Å². The summed E-state index contributed by atoms with van der Waals surface area (Å²) in [5, 5.41) is 18.3. The highest BCUT2D eigenvalue weighted by atomic mass is 16.6. The molecule has 70 valence electrons. The number of nitrogens with one attached hydrogen (secondary N) is 1. The molecule has 0 aromatic heterocycles. The molecule has 0 spiro atoms. The molecule has 1 saturated heterocycles. The second-order valence-electron chi connectivity index (χ2n) is 2.53. The van der Waals surface area contributed by atoms with Gasteiger partial charge in [0.05, 0.1) is 0 Å². The van der Waals surface area contributed by atoms with Crippen molar-refractivity contribution in [2.24, 2.45) is 11.6 Å². The number of primary amides is 1. The summed E-state index contributed by atoms with van der Waals surface area (Å²) >= 11 is 0. The minimum atomic E-state index is -1.32. The van der Waals surface area contributed by atoms with Crippen molar-refractivity contribution < 1.29 is 19.7 Å². The molecule has 1 heterocycles. The summed E-state index contributed by atoms with van der Waals surface area (Å²) in [6.45, 7) is 0. The molecule has 7 nitrogen and oxygen atoms in total. The molecular formula is C5H11N3O4. The lowest BCUT2D eigenvalue weighted by molar-refractivity contribution is -0.143. The molecule has 0 aromatic rings. The van der Waals surface area contributed by atoms with E-state index in [9.17, 15) is 9.90 Å². The van der Waals surface area contributed by atoms with Crippen LogP contribution in [0.2, 0.25) is 0 Å². The van der Waals surface area contributed by atoms with E-state index in [1.807, 2.05) is 0 Å². The maximum Gasteiger partial charge on any atom is 0.249 e. The summed E-state index contributed by atoms with van der Waals surface area (Å²) in [4.78, 5) is 10.6. The molecule has 0 radical (unpaired) electrons. The van der Waals surface area contributed by atoms with Crippen LogP contribution in [-0.4, -0.2) is 40.7 Å². The minimum Gasteiger partial charge on any atom is -0.388 e. The second kappa shape index (κ2) is 3.33. The monoisotopic (exact) mass is 177 g/mol. The van der Waals surface area contributed by atoms with Gasteiger partial charge in [-0.2, -0.15) is 0 Å². The molecule has 0 aromatic carbocycles. The third-order valence-corrected chi connectivity index (χ3v) is 1.74. The number of nitrogens with two attached hydrogens (primary N) is 2. The quantitative estimate of drug-likeness (QED) is 0.218. The van der Waals surface area contributed by atoms with Crippen molar-refractivity contribution in [3.8, 4) is 0 Å². The van der Waals surface area contributed by atoms with E-state index in [1.54, 1.807) is 0 Å². The van der Waals surface area contributed by atoms with E-state index in [1.165, 1.54) is 0 Å². The number of aliphatic hydroxyl groups is 2. The SMILES string of the molecule is NNC1C(O)OC(C(N)=O)C1O. The fourth-order valence-corrected chi connectivity index (χ4v) is 1.09. The first-order valence-corrected chi connectivity index (χ1v) is 3.35. The number of hydrazine groups is 1. The Kier molecular flexibility index (Phi) is 2.60. The first-order valence-electron chi connectivity index (χ1n) is 3.35. The number of ether oxygens (including phenoxy) is 1. The van der Waals surface area contributed by atoms with Crippen LogP contribution in [0.15, 0.2) is 0 Å². The zero-order chi connectivity index (χ0) is 9.30. The largest absolute Gasteiger partial charge is 0.388 e. The standard InChI is InChI=1S/C5H11N3O4/c6-4(10)3-2(9)1(8-7)5(11)12-3/h1-3,5,8-9,11H,7H2,(H2,6,10). The molecule has 4 unspecified atom stereocenters. The van der Waals surface area contributed by atoms with Gasteiger partial charge in [0.2, 0.25) is 5.91 Å². The molecule has 4 atom stereocenters. The average molecular weight is 177 g/mol. The van der Waals surface area contributed by atoms with Gasteiger partial charge in [0.15, 0.2) is 12.4 Å². The molecular weight excluding hydrogens is 166 g/mol. The lowest BCUT2D eigenvalue weighted by Gasteiger charge is -2.14. The lowest BCUT2D eigenvalue weighted by atomic mass is 10.1. The first-order chi connectivity index (χ1) is 5.57. The van der Waals surface area contributed by atoms with Gasteiger partial charge in [-0.1, -0.05) is 0 Å². The molecule has 0 bridgehead atoms. The first kappa shape index (κ1) is 9.36. The molecule has 1 aliphatic heterocycles. The molecule has 7 heteroatoms. The van der Waals surface area contributed by atoms with Gasteiger partial charge in [0.1, 0.15) is 12.1 Å². The van der Waals surface area contributed by atoms with Crippen LogP contribution in [0.3, 0.4) is 0 Å². The lowest BCUT2D eigenvalue weighted by Crippen LogP contribution is -2.49. The van der Waals surface area contributed by atoms with E-state index in [4.69, 9.17) is 16.7 Å². The number of rotatable bonds is 2. The van der Waals surface area contributed by atoms with Crippen molar-refractivity contribution in [2.75, 3.05) is 0 Å². The highest BCUT2D eigenvalue weighted by Crippen LogP contribution is 2.18. The summed E-state index contributed by atoms with van der Waals surface area (Å²) in [6.07, 6.45) is -3.74. The number of carbonyl (C=O) groups excluding carboxylic acids is 1. The summed E-state index contributed by atoms with van der Waals surface area (Å²) in [7, 11) is 0. The summed E-state index contributed by atoms with van der Waals surface area (Å²) in [6, 6.07) is -0.887. The Hall–Kier alpha value is -0.730. The van der Waals surface area contributed by atoms with Crippen molar-refractivity contribution in [3.05, 3.63) is 0 Å². The van der Waals surface area contributed by atoms with E-state index in [2.05, 4.69) is 10.2 Å². The Balaban J connectivity index is 2.68. The smallest absolute Gasteiger partial charge is 0.249 e. The predicted octanol–water partition coefficient (Wildman–Crippen LogP) is -3.62. The van der Waals surface area contributed by atoms with E-state index in [0.29, 0.717) is 0 Å². The molecule has 1 amide bonds. The number of aliphatic hydroxyl groups excluding tert-OH is 2. The van der Waals surface area contributed by atoms with Crippen LogP contribution in [-0.2, 0) is 9.53 Å². The number of carbonyl (C=O) groups is 1. The van der Waals surface area contributed by atoms with Crippen molar-refractivity contribution >= 4 is 5.91 Å². The van der Waals surface area contributed by atoms with E-state index in [0.717, 1.165) is 0 Å². The van der Waals surface area contributed by atoms with E-state index < -0.39 is 30.4 Å². The van der Waals surface area contributed by atoms with Crippen molar-refractivity contribution in [3.63, 3.8) is 0 Å². The number of hydrogen-bond donors (Lipinski definition) is 5. The van der Waals surface area contributed by atoms with E-state index >= 15 is 0 Å². The normalized spacial score (nSPS) is 41.6. The van der Waals surface area contributed by atoms with Gasteiger partial charge in [-0.25, -0.2) is 5.43 Å². The van der Waals surface area contributed by atoms with Crippen LogP contribution in [0, 0.1) is 0 Å². The topological polar surface area (TPSA) is 131 Å². The number of amides is 1. The fraction of sp³-hybridized carbons (Fsp3) is 0.800. The molecule has 0 saturated carbocycles. The Morgan fingerprint density at radius 1 is 1.50 bits per heavy atom. The molecule has 1 rings (SSSR count). The maximum atomic E-state index is 10.6. The van der Waals surface area contributed by atoms with Crippen LogP contribution >= 0.6 is 0 Å². The molecule has 1 aliphatic rings. The van der Waals surface area contributed by atoms with Gasteiger partial charge in [0.25, 0.3) is 0 Å². The highest BCUT2D eigenvalue weighted by Gasteiger charge is 2.45. The summed E-state index contributed by atoms with van der Waals surface area (Å²) in [5.41, 5.74) is 6.98. The molecule has 12 heavy (non-hydrogen) atoms. The summed E-state index contributed by atoms with van der Waals surface area (Å²) in [5.74, 6) is 4.14. The third-order valence-electron chi connectivity index (χ3n) is 1.74.